The summed E-state index contributed by atoms with van der Waals surface area (Å²) in [4.78, 5) is 13.7. The van der Waals surface area contributed by atoms with Gasteiger partial charge in [0, 0.05) is 31.1 Å². The van der Waals surface area contributed by atoms with Crippen molar-refractivity contribution in [2.45, 2.75) is 38.5 Å². The fourth-order valence-electron chi connectivity index (χ4n) is 3.58. The highest BCUT2D eigenvalue weighted by Gasteiger charge is 2.20. The standard InChI is InChI=1S/C23H30ClN3O3/c1-17(28)26-22-4-2-3-5-23(22)30-16-21(29)14-25-20-10-12-27(13-11-20)15-18-6-8-19(24)9-7-18/h2-9,20-21,25,29H,10-16H2,1H3,(H,26,28). The van der Waals surface area contributed by atoms with Crippen molar-refractivity contribution in [3.63, 3.8) is 0 Å². The lowest BCUT2D eigenvalue weighted by Gasteiger charge is -2.33. The van der Waals surface area contributed by atoms with Crippen molar-refractivity contribution in [1.29, 1.82) is 0 Å². The number of anilines is 1. The number of likely N-dealkylation sites (tertiary alicyclic amines) is 1. The summed E-state index contributed by atoms with van der Waals surface area (Å²) in [5.74, 6) is 0.401. The highest BCUT2D eigenvalue weighted by Crippen LogP contribution is 2.23. The summed E-state index contributed by atoms with van der Waals surface area (Å²) in [6.45, 7) is 5.08. The quantitative estimate of drug-likeness (QED) is 0.568. The summed E-state index contributed by atoms with van der Waals surface area (Å²) >= 11 is 5.95. The Hall–Kier alpha value is -2.12. The minimum absolute atomic E-state index is 0.157. The molecule has 0 aliphatic carbocycles. The fraction of sp³-hybridized carbons (Fsp3) is 0.435. The largest absolute Gasteiger partial charge is 0.489 e. The lowest BCUT2D eigenvalue weighted by atomic mass is 10.0. The molecule has 0 aromatic heterocycles. The third-order valence-electron chi connectivity index (χ3n) is 5.18. The second-order valence-electron chi connectivity index (χ2n) is 7.73. The first kappa shape index (κ1) is 22.6. The Morgan fingerprint density at radius 2 is 1.90 bits per heavy atom. The number of carbonyl (C=O) groups is 1. The van der Waals surface area contributed by atoms with Crippen LogP contribution in [-0.4, -0.2) is 54.3 Å². The predicted octanol–water partition coefficient (Wildman–Crippen LogP) is 3.29. The van der Waals surface area contributed by atoms with Gasteiger partial charge in [0.05, 0.1) is 5.69 Å². The minimum atomic E-state index is -0.623. The molecule has 3 N–H and O–H groups in total. The number of nitrogens with zero attached hydrogens (tertiary/aromatic N) is 1. The van der Waals surface area contributed by atoms with Gasteiger partial charge in [-0.15, -0.1) is 0 Å². The molecule has 1 aliphatic heterocycles. The molecule has 0 radical (unpaired) electrons. The van der Waals surface area contributed by atoms with Gasteiger partial charge >= 0.3 is 0 Å². The Balaban J connectivity index is 1.35. The van der Waals surface area contributed by atoms with Gasteiger partial charge in [-0.1, -0.05) is 35.9 Å². The molecule has 0 bridgehead atoms. The lowest BCUT2D eigenvalue weighted by Crippen LogP contribution is -2.45. The number of benzene rings is 2. The van der Waals surface area contributed by atoms with E-state index in [-0.39, 0.29) is 12.5 Å². The number of aliphatic hydroxyl groups is 1. The smallest absolute Gasteiger partial charge is 0.221 e. The van der Waals surface area contributed by atoms with Crippen molar-refractivity contribution in [3.05, 3.63) is 59.1 Å². The highest BCUT2D eigenvalue weighted by atomic mass is 35.5. The Morgan fingerprint density at radius 3 is 2.60 bits per heavy atom. The number of ether oxygens (including phenoxy) is 1. The molecule has 1 amide bonds. The number of amides is 1. The van der Waals surface area contributed by atoms with E-state index in [1.165, 1.54) is 12.5 Å². The molecular weight excluding hydrogens is 402 g/mol. The second-order valence-corrected chi connectivity index (χ2v) is 8.16. The molecule has 1 aliphatic rings. The molecule has 2 aromatic rings. The van der Waals surface area contributed by atoms with Crippen LogP contribution in [0.4, 0.5) is 5.69 Å². The molecule has 7 heteroatoms. The number of rotatable bonds is 9. The van der Waals surface area contributed by atoms with Gasteiger partial charge in [-0.05, 0) is 55.8 Å². The SMILES string of the molecule is CC(=O)Nc1ccccc1OCC(O)CNC1CCN(Cc2ccc(Cl)cc2)CC1. The van der Waals surface area contributed by atoms with Crippen LogP contribution in [0.2, 0.25) is 5.02 Å². The van der Waals surface area contributed by atoms with Gasteiger partial charge in [-0.2, -0.15) is 0 Å². The van der Waals surface area contributed by atoms with E-state index >= 15 is 0 Å². The molecule has 162 valence electrons. The number of halogens is 1. The van der Waals surface area contributed by atoms with Crippen LogP contribution >= 0.6 is 11.6 Å². The summed E-state index contributed by atoms with van der Waals surface area (Å²) in [5, 5.41) is 17.2. The Labute approximate surface area is 183 Å². The molecule has 6 nitrogen and oxygen atoms in total. The van der Waals surface area contributed by atoms with Crippen LogP contribution in [0.25, 0.3) is 0 Å². The second kappa shape index (κ2) is 11.3. The van der Waals surface area contributed by atoms with Crippen LogP contribution in [-0.2, 0) is 11.3 Å². The van der Waals surface area contributed by atoms with Crippen molar-refractivity contribution in [1.82, 2.24) is 10.2 Å². The third kappa shape index (κ3) is 7.29. The van der Waals surface area contributed by atoms with E-state index in [1.54, 1.807) is 12.1 Å². The maximum Gasteiger partial charge on any atom is 0.221 e. The first-order chi connectivity index (χ1) is 14.5. The van der Waals surface area contributed by atoms with Crippen LogP contribution in [0, 0.1) is 0 Å². The van der Waals surface area contributed by atoms with Crippen LogP contribution in [0.15, 0.2) is 48.5 Å². The van der Waals surface area contributed by atoms with Gasteiger partial charge < -0.3 is 20.5 Å². The van der Waals surface area contributed by atoms with Crippen LogP contribution < -0.4 is 15.4 Å². The zero-order valence-corrected chi connectivity index (χ0v) is 18.1. The predicted molar refractivity (Wildman–Crippen MR) is 120 cm³/mol. The zero-order valence-electron chi connectivity index (χ0n) is 17.3. The first-order valence-corrected chi connectivity index (χ1v) is 10.7. The summed E-state index contributed by atoms with van der Waals surface area (Å²) in [7, 11) is 0. The zero-order chi connectivity index (χ0) is 21.3. The van der Waals surface area contributed by atoms with Gasteiger partial charge in [0.15, 0.2) is 0 Å². The van der Waals surface area contributed by atoms with Gasteiger partial charge in [-0.25, -0.2) is 0 Å². The van der Waals surface area contributed by atoms with Gasteiger partial charge in [0.1, 0.15) is 18.5 Å². The van der Waals surface area contributed by atoms with Crippen molar-refractivity contribution < 1.29 is 14.6 Å². The topological polar surface area (TPSA) is 73.8 Å². The van der Waals surface area contributed by atoms with Gasteiger partial charge in [0.25, 0.3) is 0 Å². The maximum absolute atomic E-state index is 11.3. The van der Waals surface area contributed by atoms with E-state index in [4.69, 9.17) is 16.3 Å². The molecule has 3 rings (SSSR count). The number of piperidine rings is 1. The lowest BCUT2D eigenvalue weighted by molar-refractivity contribution is -0.114. The van der Waals surface area contributed by atoms with E-state index in [0.717, 1.165) is 37.5 Å². The summed E-state index contributed by atoms with van der Waals surface area (Å²) < 4.78 is 5.71. The Kier molecular flexibility index (Phi) is 8.51. The van der Waals surface area contributed by atoms with E-state index in [0.29, 0.717) is 24.0 Å². The monoisotopic (exact) mass is 431 g/mol. The molecule has 1 heterocycles. The third-order valence-corrected chi connectivity index (χ3v) is 5.43. The van der Waals surface area contributed by atoms with Crippen molar-refractivity contribution in [2.75, 3.05) is 31.6 Å². The summed E-state index contributed by atoms with van der Waals surface area (Å²) in [6, 6.07) is 15.6. The number of aliphatic hydroxyl groups excluding tert-OH is 1. The number of nitrogens with one attached hydrogen (secondary N) is 2. The van der Waals surface area contributed by atoms with Gasteiger partial charge in [-0.3, -0.25) is 9.69 Å². The van der Waals surface area contributed by atoms with Crippen molar-refractivity contribution >= 4 is 23.2 Å². The molecule has 1 saturated heterocycles. The van der Waals surface area contributed by atoms with E-state index in [1.807, 2.05) is 24.3 Å². The number of hydrogen-bond acceptors (Lipinski definition) is 5. The molecule has 1 unspecified atom stereocenters. The van der Waals surface area contributed by atoms with E-state index in [2.05, 4.69) is 27.7 Å². The molecule has 1 fully saturated rings. The van der Waals surface area contributed by atoms with Crippen LogP contribution in [0.5, 0.6) is 5.75 Å². The molecular formula is C23H30ClN3O3. The molecule has 0 saturated carbocycles. The molecule has 2 aromatic carbocycles. The van der Waals surface area contributed by atoms with Crippen molar-refractivity contribution in [3.8, 4) is 5.75 Å². The molecule has 0 spiro atoms. The first-order valence-electron chi connectivity index (χ1n) is 10.4. The van der Waals surface area contributed by atoms with Gasteiger partial charge in [0.2, 0.25) is 5.91 Å². The number of carbonyl (C=O) groups excluding carboxylic acids is 1. The Morgan fingerprint density at radius 1 is 1.20 bits per heavy atom. The highest BCUT2D eigenvalue weighted by molar-refractivity contribution is 6.30. The van der Waals surface area contributed by atoms with E-state index < -0.39 is 6.10 Å². The van der Waals surface area contributed by atoms with Crippen LogP contribution in [0.3, 0.4) is 0 Å². The number of hydrogen-bond donors (Lipinski definition) is 3. The minimum Gasteiger partial charge on any atom is -0.489 e. The summed E-state index contributed by atoms with van der Waals surface area (Å²) in [6.07, 6.45) is 1.47. The summed E-state index contributed by atoms with van der Waals surface area (Å²) in [5.41, 5.74) is 1.89. The molecule has 30 heavy (non-hydrogen) atoms. The molecule has 1 atom stereocenters. The fourth-order valence-corrected chi connectivity index (χ4v) is 3.70. The van der Waals surface area contributed by atoms with Crippen molar-refractivity contribution in [2.24, 2.45) is 0 Å². The average Bonchev–Trinajstić information content (AvgIpc) is 2.74. The normalized spacial score (nSPS) is 16.2. The Bertz CT molecular complexity index is 808. The van der Waals surface area contributed by atoms with Crippen LogP contribution in [0.1, 0.15) is 25.3 Å². The number of para-hydroxylation sites is 2. The average molecular weight is 432 g/mol. The maximum atomic E-state index is 11.3. The van der Waals surface area contributed by atoms with E-state index in [9.17, 15) is 9.90 Å².